The van der Waals surface area contributed by atoms with Crippen LogP contribution in [0, 0.1) is 5.82 Å². The molecule has 0 saturated carbocycles. The first-order valence-electron chi connectivity index (χ1n) is 11.0. The number of nitrogens with zero attached hydrogens (tertiary/aromatic N) is 1. The number of rotatable bonds is 6. The van der Waals surface area contributed by atoms with Crippen LogP contribution in [0.3, 0.4) is 0 Å². The largest absolute Gasteiger partial charge is 0.493 e. The molecule has 4 aromatic rings. The Morgan fingerprint density at radius 2 is 1.83 bits per heavy atom. The lowest BCUT2D eigenvalue weighted by Gasteiger charge is -2.23. The van der Waals surface area contributed by atoms with Gasteiger partial charge in [-0.2, -0.15) is 0 Å². The van der Waals surface area contributed by atoms with Crippen molar-refractivity contribution in [3.05, 3.63) is 77.2 Å². The highest BCUT2D eigenvalue weighted by Gasteiger charge is 2.24. The number of pyridine rings is 1. The van der Waals surface area contributed by atoms with Gasteiger partial charge in [0.05, 0.1) is 28.7 Å². The zero-order chi connectivity index (χ0) is 25.1. The maximum atomic E-state index is 13.0. The average molecular weight is 510 g/mol. The number of halogens is 2. The molecule has 1 aliphatic rings. The van der Waals surface area contributed by atoms with Gasteiger partial charge in [0.1, 0.15) is 30.5 Å². The van der Waals surface area contributed by atoms with Crippen LogP contribution < -0.4 is 29.6 Å². The summed E-state index contributed by atoms with van der Waals surface area (Å²) in [7, 11) is 1.56. The highest BCUT2D eigenvalue weighted by Crippen LogP contribution is 2.48. The van der Waals surface area contributed by atoms with Crippen molar-refractivity contribution in [2.45, 2.75) is 6.54 Å². The maximum Gasteiger partial charge on any atom is 0.319 e. The molecule has 1 aliphatic heterocycles. The molecule has 0 spiro atoms. The summed E-state index contributed by atoms with van der Waals surface area (Å²) in [4.78, 5) is 16.7. The number of hydrogen-bond acceptors (Lipinski definition) is 6. The fraction of sp³-hybridized carbons (Fsp3) is 0.154. The summed E-state index contributed by atoms with van der Waals surface area (Å²) in [6, 6.07) is 13.8. The third-order valence-electron chi connectivity index (χ3n) is 5.45. The standard InChI is InChI=1S/C26H21ClFN3O5/c1-33-22-13-20-23(25-24(22)34-10-11-35-25)21(8-9-29-20)36-17-6-7-19(18(27)12-17)31-26(32)30-14-15-2-4-16(28)5-3-15/h2-9,12-13H,10-11,14H2,1H3,(H2,30,31,32). The van der Waals surface area contributed by atoms with Crippen LogP contribution in [-0.2, 0) is 6.54 Å². The zero-order valence-corrected chi connectivity index (χ0v) is 19.9. The second-order valence-electron chi connectivity index (χ2n) is 7.82. The number of methoxy groups -OCH3 is 1. The van der Waals surface area contributed by atoms with Gasteiger partial charge in [-0.1, -0.05) is 23.7 Å². The third-order valence-corrected chi connectivity index (χ3v) is 5.76. The third kappa shape index (κ3) is 4.92. The molecular weight excluding hydrogens is 489 g/mol. The summed E-state index contributed by atoms with van der Waals surface area (Å²) >= 11 is 6.41. The van der Waals surface area contributed by atoms with Gasteiger partial charge in [0.25, 0.3) is 0 Å². The smallest absolute Gasteiger partial charge is 0.319 e. The van der Waals surface area contributed by atoms with Gasteiger partial charge in [-0.05, 0) is 35.9 Å². The Hall–Kier alpha value is -4.24. The quantitative estimate of drug-likeness (QED) is 0.335. The summed E-state index contributed by atoms with van der Waals surface area (Å²) in [6.45, 7) is 1.03. The molecule has 0 radical (unpaired) electrons. The van der Waals surface area contributed by atoms with Gasteiger partial charge >= 0.3 is 6.03 Å². The van der Waals surface area contributed by atoms with Crippen LogP contribution in [0.1, 0.15) is 5.56 Å². The molecule has 5 rings (SSSR count). The molecule has 0 fully saturated rings. The van der Waals surface area contributed by atoms with Crippen LogP contribution in [-0.4, -0.2) is 31.3 Å². The number of ether oxygens (including phenoxy) is 4. The molecule has 10 heteroatoms. The molecule has 2 N–H and O–H groups in total. The van der Waals surface area contributed by atoms with Crippen molar-refractivity contribution in [1.82, 2.24) is 10.3 Å². The Morgan fingerprint density at radius 3 is 2.58 bits per heavy atom. The van der Waals surface area contributed by atoms with Gasteiger partial charge < -0.3 is 29.6 Å². The van der Waals surface area contributed by atoms with Crippen molar-refractivity contribution in [3.8, 4) is 28.7 Å². The van der Waals surface area contributed by atoms with Crippen LogP contribution in [0.5, 0.6) is 28.7 Å². The first kappa shape index (κ1) is 23.5. The van der Waals surface area contributed by atoms with Crippen LogP contribution in [0.4, 0.5) is 14.9 Å². The molecule has 2 heterocycles. The van der Waals surface area contributed by atoms with Gasteiger partial charge in [0.2, 0.25) is 5.75 Å². The van der Waals surface area contributed by atoms with Crippen molar-refractivity contribution in [3.63, 3.8) is 0 Å². The molecule has 1 aromatic heterocycles. The zero-order valence-electron chi connectivity index (χ0n) is 19.1. The summed E-state index contributed by atoms with van der Waals surface area (Å²) in [5.74, 6) is 2.14. The van der Waals surface area contributed by atoms with Crippen molar-refractivity contribution >= 4 is 34.2 Å². The van der Waals surface area contributed by atoms with E-state index in [1.54, 1.807) is 55.8 Å². The minimum atomic E-state index is -0.451. The van der Waals surface area contributed by atoms with Crippen molar-refractivity contribution < 1.29 is 28.1 Å². The van der Waals surface area contributed by atoms with E-state index in [1.807, 2.05) is 0 Å². The van der Waals surface area contributed by atoms with Gasteiger partial charge in [0, 0.05) is 24.9 Å². The molecule has 184 valence electrons. The maximum absolute atomic E-state index is 13.0. The molecule has 0 unspecified atom stereocenters. The van der Waals surface area contributed by atoms with E-state index in [4.69, 9.17) is 30.5 Å². The van der Waals surface area contributed by atoms with Crippen LogP contribution in [0.2, 0.25) is 5.02 Å². The van der Waals surface area contributed by atoms with Gasteiger partial charge in [-0.15, -0.1) is 0 Å². The van der Waals surface area contributed by atoms with Crippen molar-refractivity contribution in [2.75, 3.05) is 25.6 Å². The molecule has 3 aromatic carbocycles. The topological polar surface area (TPSA) is 90.9 Å². The Kier molecular flexibility index (Phi) is 6.64. The molecule has 0 saturated heterocycles. The number of carbonyl (C=O) groups excluding carboxylic acids is 1. The molecule has 36 heavy (non-hydrogen) atoms. The Bertz CT molecular complexity index is 1430. The fourth-order valence-electron chi connectivity index (χ4n) is 3.75. The summed E-state index contributed by atoms with van der Waals surface area (Å²) in [5, 5.41) is 6.32. The van der Waals surface area contributed by atoms with Gasteiger partial charge in [-0.3, -0.25) is 4.98 Å². The van der Waals surface area contributed by atoms with E-state index in [0.717, 1.165) is 5.56 Å². The van der Waals surface area contributed by atoms with Crippen LogP contribution in [0.15, 0.2) is 60.8 Å². The Balaban J connectivity index is 1.33. The SMILES string of the molecule is COc1cc2nccc(Oc3ccc(NC(=O)NCc4ccc(F)cc4)c(Cl)c3)c2c2c1OCCO2. The lowest BCUT2D eigenvalue weighted by Crippen LogP contribution is -2.28. The predicted octanol–water partition coefficient (Wildman–Crippen LogP) is 5.92. The summed E-state index contributed by atoms with van der Waals surface area (Å²) < 4.78 is 36.2. The van der Waals surface area contributed by atoms with E-state index in [2.05, 4.69) is 15.6 Å². The number of carbonyl (C=O) groups is 1. The lowest BCUT2D eigenvalue weighted by molar-refractivity contribution is 0.167. The Labute approximate surface area is 210 Å². The molecule has 0 bridgehead atoms. The van der Waals surface area contributed by atoms with E-state index in [1.165, 1.54) is 12.1 Å². The van der Waals surface area contributed by atoms with E-state index >= 15 is 0 Å². The normalized spacial score (nSPS) is 12.2. The van der Waals surface area contributed by atoms with Crippen molar-refractivity contribution in [2.24, 2.45) is 0 Å². The number of fused-ring (bicyclic) bond motifs is 3. The molecule has 2 amide bonds. The molecule has 0 atom stereocenters. The van der Waals surface area contributed by atoms with Crippen molar-refractivity contribution in [1.29, 1.82) is 0 Å². The monoisotopic (exact) mass is 509 g/mol. The Morgan fingerprint density at radius 1 is 1.06 bits per heavy atom. The molecule has 0 aliphatic carbocycles. The van der Waals surface area contributed by atoms with Gasteiger partial charge in [0.15, 0.2) is 11.5 Å². The fourth-order valence-corrected chi connectivity index (χ4v) is 3.97. The summed E-state index contributed by atoms with van der Waals surface area (Å²) in [5.41, 5.74) is 1.79. The second-order valence-corrected chi connectivity index (χ2v) is 8.22. The minimum absolute atomic E-state index is 0.237. The first-order chi connectivity index (χ1) is 17.5. The second kappa shape index (κ2) is 10.2. The number of nitrogens with one attached hydrogen (secondary N) is 2. The van der Waals surface area contributed by atoms with E-state index in [-0.39, 0.29) is 17.4 Å². The number of anilines is 1. The van der Waals surface area contributed by atoms with E-state index < -0.39 is 6.03 Å². The highest BCUT2D eigenvalue weighted by atomic mass is 35.5. The van der Waals surface area contributed by atoms with Crippen LogP contribution in [0.25, 0.3) is 10.9 Å². The molecular formula is C26H21ClFN3O5. The first-order valence-corrected chi connectivity index (χ1v) is 11.4. The molecule has 8 nitrogen and oxygen atoms in total. The number of aromatic nitrogens is 1. The summed E-state index contributed by atoms with van der Waals surface area (Å²) in [6.07, 6.45) is 1.62. The van der Waals surface area contributed by atoms with E-state index in [0.29, 0.717) is 58.6 Å². The number of urea groups is 1. The van der Waals surface area contributed by atoms with Gasteiger partial charge in [-0.25, -0.2) is 9.18 Å². The minimum Gasteiger partial charge on any atom is -0.493 e. The average Bonchev–Trinajstić information content (AvgIpc) is 2.89. The van der Waals surface area contributed by atoms with Crippen LogP contribution >= 0.6 is 11.6 Å². The highest BCUT2D eigenvalue weighted by molar-refractivity contribution is 6.33. The number of benzene rings is 3. The lowest BCUT2D eigenvalue weighted by atomic mass is 10.1. The predicted molar refractivity (Wildman–Crippen MR) is 133 cm³/mol. The number of hydrogen-bond donors (Lipinski definition) is 2. The van der Waals surface area contributed by atoms with E-state index in [9.17, 15) is 9.18 Å². The number of amides is 2.